The van der Waals surface area contributed by atoms with Crippen molar-refractivity contribution in [3.8, 4) is 17.1 Å². The Balaban J connectivity index is 1.33. The maximum atomic E-state index is 16.8. The third-order valence-electron chi connectivity index (χ3n) is 9.98. The SMILES string of the molecule is C=CC(=O)N1CC2(CCN(c3nc(OC[C@@H]4CCCN4C)nc4c(F)c(-c5c(C)ccc6[nH]ncc56)c(Cl)cc34)C2)C1C. The average Bonchev–Trinajstić information content (AvgIpc) is 3.76. The van der Waals surface area contributed by atoms with E-state index in [1.165, 1.54) is 6.08 Å². The molecule has 3 aliphatic rings. The van der Waals surface area contributed by atoms with E-state index in [1.807, 2.05) is 24.0 Å². The second-order valence-corrected chi connectivity index (χ2v) is 12.7. The smallest absolute Gasteiger partial charge is 0.319 e. The molecule has 0 saturated carbocycles. The van der Waals surface area contributed by atoms with Crippen LogP contribution in [0.15, 0.2) is 37.1 Å². The van der Waals surface area contributed by atoms with E-state index in [0.29, 0.717) is 43.0 Å². The van der Waals surface area contributed by atoms with Gasteiger partial charge in [0.1, 0.15) is 17.9 Å². The van der Waals surface area contributed by atoms with Crippen LogP contribution in [0.3, 0.4) is 0 Å². The number of benzene rings is 2. The number of anilines is 1. The van der Waals surface area contributed by atoms with Crippen LogP contribution < -0.4 is 9.64 Å². The number of halogens is 2. The molecule has 3 aliphatic heterocycles. The highest BCUT2D eigenvalue weighted by Gasteiger charge is 2.55. The zero-order valence-electron chi connectivity index (χ0n) is 24.7. The molecule has 0 bridgehead atoms. The minimum atomic E-state index is -0.514. The predicted octanol–water partition coefficient (Wildman–Crippen LogP) is 5.36. The van der Waals surface area contributed by atoms with E-state index in [2.05, 4.69) is 45.5 Å². The van der Waals surface area contributed by atoms with E-state index in [9.17, 15) is 4.79 Å². The van der Waals surface area contributed by atoms with Crippen LogP contribution in [-0.4, -0.2) is 87.8 Å². The summed E-state index contributed by atoms with van der Waals surface area (Å²) < 4.78 is 23.0. The number of amides is 1. The van der Waals surface area contributed by atoms with Gasteiger partial charge in [0.05, 0.1) is 16.7 Å². The van der Waals surface area contributed by atoms with Gasteiger partial charge in [-0.15, -0.1) is 0 Å². The Morgan fingerprint density at radius 1 is 1.26 bits per heavy atom. The minimum absolute atomic E-state index is 0.0547. The van der Waals surface area contributed by atoms with Gasteiger partial charge in [-0.3, -0.25) is 9.89 Å². The number of carbonyl (C=O) groups is 1. The third-order valence-corrected chi connectivity index (χ3v) is 10.3. The first-order valence-electron chi connectivity index (χ1n) is 14.8. The highest BCUT2D eigenvalue weighted by molar-refractivity contribution is 6.35. The molecule has 3 saturated heterocycles. The number of nitrogens with one attached hydrogen (secondary N) is 1. The Morgan fingerprint density at radius 2 is 2.09 bits per heavy atom. The minimum Gasteiger partial charge on any atom is -0.462 e. The second kappa shape index (κ2) is 10.4. The normalized spacial score (nSPS) is 23.9. The highest BCUT2D eigenvalue weighted by Crippen LogP contribution is 2.48. The monoisotopic (exact) mass is 603 g/mol. The highest BCUT2D eigenvalue weighted by atomic mass is 35.5. The van der Waals surface area contributed by atoms with Gasteiger partial charge in [-0.05, 0) is 70.5 Å². The molecular formula is C32H35ClFN7O2. The van der Waals surface area contributed by atoms with Crippen molar-refractivity contribution < 1.29 is 13.9 Å². The molecule has 224 valence electrons. The summed E-state index contributed by atoms with van der Waals surface area (Å²) in [6, 6.07) is 6.11. The van der Waals surface area contributed by atoms with Crippen molar-refractivity contribution in [3.63, 3.8) is 0 Å². The topological polar surface area (TPSA) is 90.5 Å². The van der Waals surface area contributed by atoms with Crippen LogP contribution in [0.25, 0.3) is 32.9 Å². The summed E-state index contributed by atoms with van der Waals surface area (Å²) in [6.07, 6.45) is 6.10. The Kier molecular flexibility index (Phi) is 6.81. The Hall–Kier alpha value is -3.76. The van der Waals surface area contributed by atoms with E-state index in [-0.39, 0.29) is 45.5 Å². The fourth-order valence-corrected chi connectivity index (χ4v) is 7.56. The number of aromatic amines is 1. The number of aryl methyl sites for hydroxylation is 1. The first-order valence-corrected chi connectivity index (χ1v) is 15.2. The van der Waals surface area contributed by atoms with E-state index in [4.69, 9.17) is 21.3 Å². The Morgan fingerprint density at radius 3 is 2.84 bits per heavy atom. The van der Waals surface area contributed by atoms with E-state index >= 15 is 4.39 Å². The van der Waals surface area contributed by atoms with Crippen molar-refractivity contribution >= 4 is 45.1 Å². The summed E-state index contributed by atoms with van der Waals surface area (Å²) in [6.45, 7) is 11.2. The van der Waals surface area contributed by atoms with Crippen molar-refractivity contribution in [1.82, 2.24) is 30.0 Å². The van der Waals surface area contributed by atoms with Gasteiger partial charge in [-0.1, -0.05) is 24.2 Å². The number of nitrogens with zero attached hydrogens (tertiary/aromatic N) is 6. The molecule has 2 unspecified atom stereocenters. The molecule has 11 heteroatoms. The van der Waals surface area contributed by atoms with Crippen molar-refractivity contribution in [2.75, 3.05) is 44.7 Å². The van der Waals surface area contributed by atoms with Gasteiger partial charge >= 0.3 is 6.01 Å². The van der Waals surface area contributed by atoms with Gasteiger partial charge in [0.15, 0.2) is 5.82 Å². The zero-order chi connectivity index (χ0) is 30.0. The quantitative estimate of drug-likeness (QED) is 0.297. The molecule has 9 nitrogen and oxygen atoms in total. The number of carbonyl (C=O) groups excluding carboxylic acids is 1. The van der Waals surface area contributed by atoms with Gasteiger partial charge in [0.25, 0.3) is 0 Å². The molecule has 43 heavy (non-hydrogen) atoms. The number of hydrogen-bond donors (Lipinski definition) is 1. The van der Waals surface area contributed by atoms with E-state index in [0.717, 1.165) is 42.3 Å². The molecule has 3 atom stereocenters. The molecule has 2 aromatic heterocycles. The molecule has 0 radical (unpaired) electrons. The molecule has 2 aromatic carbocycles. The molecule has 1 N–H and O–H groups in total. The average molecular weight is 604 g/mol. The number of ether oxygens (including phenoxy) is 1. The number of rotatable bonds is 6. The van der Waals surface area contributed by atoms with Crippen LogP contribution in [0.1, 0.15) is 31.7 Å². The molecule has 0 aliphatic carbocycles. The summed E-state index contributed by atoms with van der Waals surface area (Å²) in [5.74, 6) is 0.0309. The van der Waals surface area contributed by atoms with Gasteiger partial charge in [-0.2, -0.15) is 15.1 Å². The molecule has 5 heterocycles. The van der Waals surface area contributed by atoms with Crippen molar-refractivity contribution in [3.05, 3.63) is 53.5 Å². The fourth-order valence-electron chi connectivity index (χ4n) is 7.27. The van der Waals surface area contributed by atoms with Gasteiger partial charge in [-0.25, -0.2) is 4.39 Å². The van der Waals surface area contributed by atoms with Crippen LogP contribution in [0.5, 0.6) is 6.01 Å². The summed E-state index contributed by atoms with van der Waals surface area (Å²) >= 11 is 6.92. The van der Waals surface area contributed by atoms with Gasteiger partial charge in [0, 0.05) is 59.0 Å². The summed E-state index contributed by atoms with van der Waals surface area (Å²) in [5.41, 5.74) is 2.74. The molecule has 3 fully saturated rings. The molecule has 1 spiro atoms. The van der Waals surface area contributed by atoms with Crippen LogP contribution in [0.4, 0.5) is 10.2 Å². The first kappa shape index (κ1) is 28.0. The summed E-state index contributed by atoms with van der Waals surface area (Å²) in [7, 11) is 2.09. The van der Waals surface area contributed by atoms with Gasteiger partial charge < -0.3 is 19.4 Å². The number of hydrogen-bond acceptors (Lipinski definition) is 7. The molecule has 4 aromatic rings. The van der Waals surface area contributed by atoms with Crippen LogP contribution in [0.2, 0.25) is 5.02 Å². The standard InChI is InChI=1S/C32H35ClFN7O2/c1-5-25(42)41-17-32(19(41)3)10-12-40(16-32)30-21-13-23(33)27(26-18(2)8-9-24-22(26)14-35-38-24)28(34)29(21)36-31(37-30)43-15-20-7-6-11-39(20)4/h5,8-9,13-14,19-20H,1,6-7,10-12,15-17H2,2-4H3,(H,35,38)/t19?,20-,32?/m0/s1. The lowest BCUT2D eigenvalue weighted by Crippen LogP contribution is -2.65. The summed E-state index contributed by atoms with van der Waals surface area (Å²) in [5, 5.41) is 8.75. The lowest BCUT2D eigenvalue weighted by molar-refractivity contribution is -0.145. The fraction of sp³-hybridized carbons (Fsp3) is 0.438. The molecule has 7 rings (SSSR count). The van der Waals surface area contributed by atoms with Crippen LogP contribution in [0, 0.1) is 18.2 Å². The zero-order valence-corrected chi connectivity index (χ0v) is 25.4. The second-order valence-electron chi connectivity index (χ2n) is 12.3. The first-order chi connectivity index (χ1) is 20.7. The molecular weight excluding hydrogens is 569 g/mol. The van der Waals surface area contributed by atoms with Crippen LogP contribution in [-0.2, 0) is 4.79 Å². The van der Waals surface area contributed by atoms with Gasteiger partial charge in [0.2, 0.25) is 5.91 Å². The summed E-state index contributed by atoms with van der Waals surface area (Å²) in [4.78, 5) is 28.1. The van der Waals surface area contributed by atoms with E-state index in [1.54, 1.807) is 12.3 Å². The Bertz CT molecular complexity index is 1780. The van der Waals surface area contributed by atoms with Crippen molar-refractivity contribution in [2.45, 2.75) is 45.2 Å². The molecule has 1 amide bonds. The maximum Gasteiger partial charge on any atom is 0.319 e. The number of likely N-dealkylation sites (N-methyl/N-ethyl adjacent to an activating group) is 1. The largest absolute Gasteiger partial charge is 0.462 e. The lowest BCUT2D eigenvalue weighted by Gasteiger charge is -2.54. The number of likely N-dealkylation sites (tertiary alicyclic amines) is 2. The number of aromatic nitrogens is 4. The number of H-pyrrole nitrogens is 1. The predicted molar refractivity (Wildman–Crippen MR) is 166 cm³/mol. The van der Waals surface area contributed by atoms with Crippen LogP contribution >= 0.6 is 11.6 Å². The van der Waals surface area contributed by atoms with Crippen molar-refractivity contribution in [2.24, 2.45) is 5.41 Å². The maximum absolute atomic E-state index is 16.8. The number of fused-ring (bicyclic) bond motifs is 2. The van der Waals surface area contributed by atoms with E-state index < -0.39 is 5.82 Å². The lowest BCUT2D eigenvalue weighted by atomic mass is 9.71. The third kappa shape index (κ3) is 4.45. The Labute approximate surface area is 254 Å². The van der Waals surface area contributed by atoms with Crippen molar-refractivity contribution in [1.29, 1.82) is 0 Å².